The summed E-state index contributed by atoms with van der Waals surface area (Å²) in [7, 11) is 0. The Morgan fingerprint density at radius 2 is 1.85 bits per heavy atom. The molecule has 0 atom stereocenters. The number of nitriles is 1. The molecule has 2 aromatic rings. The van der Waals surface area contributed by atoms with Gasteiger partial charge < -0.3 is 10.5 Å². The average molecular weight is 264 g/mol. The molecular weight excluding hydrogens is 248 g/mol. The summed E-state index contributed by atoms with van der Waals surface area (Å²) in [5.74, 6) is 1.33. The Labute approximate surface area is 118 Å². The number of anilines is 1. The van der Waals surface area contributed by atoms with Crippen molar-refractivity contribution < 1.29 is 4.74 Å². The van der Waals surface area contributed by atoms with Crippen LogP contribution < -0.4 is 10.5 Å². The lowest BCUT2D eigenvalue weighted by Gasteiger charge is -2.17. The summed E-state index contributed by atoms with van der Waals surface area (Å²) in [5.41, 5.74) is 9.56. The number of rotatable bonds is 2. The largest absolute Gasteiger partial charge is 0.455 e. The number of hydrogen-bond donors (Lipinski definition) is 1. The lowest BCUT2D eigenvalue weighted by molar-refractivity contribution is 0.483. The molecule has 1 aliphatic carbocycles. The zero-order valence-electron chi connectivity index (χ0n) is 11.2. The lowest BCUT2D eigenvalue weighted by Crippen LogP contribution is -2.02. The summed E-state index contributed by atoms with van der Waals surface area (Å²) in [6.07, 6.45) is 4.77. The fourth-order valence-corrected chi connectivity index (χ4v) is 2.63. The second-order valence-corrected chi connectivity index (χ2v) is 5.07. The number of nitrogens with zero attached hydrogens (tertiary/aromatic N) is 1. The molecule has 2 N–H and O–H groups in total. The van der Waals surface area contributed by atoms with Crippen molar-refractivity contribution in [3.8, 4) is 17.6 Å². The third-order valence-corrected chi connectivity index (χ3v) is 3.73. The van der Waals surface area contributed by atoms with Crippen LogP contribution in [0.15, 0.2) is 36.4 Å². The van der Waals surface area contributed by atoms with Gasteiger partial charge in [-0.05, 0) is 61.1 Å². The molecule has 0 aliphatic heterocycles. The second kappa shape index (κ2) is 5.26. The van der Waals surface area contributed by atoms with E-state index in [9.17, 15) is 0 Å². The Bertz CT molecular complexity index is 686. The van der Waals surface area contributed by atoms with E-state index >= 15 is 0 Å². The van der Waals surface area contributed by atoms with Gasteiger partial charge in [0.1, 0.15) is 11.8 Å². The molecule has 2 aromatic carbocycles. The number of para-hydroxylation sites is 1. The predicted molar refractivity (Wildman–Crippen MR) is 78.7 cm³/mol. The predicted octanol–water partition coefficient (Wildman–Crippen LogP) is 3.81. The van der Waals surface area contributed by atoms with Crippen LogP contribution in [0.1, 0.15) is 29.5 Å². The molecule has 0 aromatic heterocycles. The van der Waals surface area contributed by atoms with Crippen molar-refractivity contribution in [1.29, 1.82) is 5.26 Å². The minimum absolute atomic E-state index is 0.396. The molecule has 0 bridgehead atoms. The van der Waals surface area contributed by atoms with Gasteiger partial charge in [-0.3, -0.25) is 0 Å². The molecule has 0 saturated carbocycles. The van der Waals surface area contributed by atoms with Crippen LogP contribution in [0.25, 0.3) is 0 Å². The SMILES string of the molecule is N#Cc1cccc(Oc2ccc3c(c2)CCCC3)c1N. The van der Waals surface area contributed by atoms with E-state index in [2.05, 4.69) is 18.2 Å². The molecule has 1 aliphatic rings. The number of nitrogens with two attached hydrogens (primary N) is 1. The van der Waals surface area contributed by atoms with E-state index in [1.807, 2.05) is 6.07 Å². The van der Waals surface area contributed by atoms with Crippen molar-refractivity contribution in [3.05, 3.63) is 53.1 Å². The Kier molecular flexibility index (Phi) is 3.30. The summed E-state index contributed by atoms with van der Waals surface area (Å²) in [4.78, 5) is 0. The topological polar surface area (TPSA) is 59.0 Å². The summed E-state index contributed by atoms with van der Waals surface area (Å²) in [5, 5.41) is 8.98. The maximum Gasteiger partial charge on any atom is 0.151 e. The van der Waals surface area contributed by atoms with E-state index in [4.69, 9.17) is 15.7 Å². The van der Waals surface area contributed by atoms with Gasteiger partial charge in [0, 0.05) is 0 Å². The number of ether oxygens (including phenoxy) is 1. The molecule has 0 spiro atoms. The summed E-state index contributed by atoms with van der Waals surface area (Å²) in [6.45, 7) is 0. The molecule has 20 heavy (non-hydrogen) atoms. The third kappa shape index (κ3) is 2.33. The van der Waals surface area contributed by atoms with E-state index < -0.39 is 0 Å². The van der Waals surface area contributed by atoms with Gasteiger partial charge in [0.25, 0.3) is 0 Å². The Morgan fingerprint density at radius 3 is 2.65 bits per heavy atom. The molecule has 3 heteroatoms. The minimum Gasteiger partial charge on any atom is -0.455 e. The van der Waals surface area contributed by atoms with Gasteiger partial charge in [0.2, 0.25) is 0 Å². The van der Waals surface area contributed by atoms with E-state index in [0.717, 1.165) is 18.6 Å². The van der Waals surface area contributed by atoms with E-state index in [1.54, 1.807) is 18.2 Å². The first-order valence-corrected chi connectivity index (χ1v) is 6.86. The van der Waals surface area contributed by atoms with Crippen LogP contribution in [0.5, 0.6) is 11.5 Å². The van der Waals surface area contributed by atoms with Gasteiger partial charge in [-0.2, -0.15) is 5.26 Å². The van der Waals surface area contributed by atoms with Crippen molar-refractivity contribution in [2.75, 3.05) is 5.73 Å². The summed E-state index contributed by atoms with van der Waals surface area (Å²) >= 11 is 0. The minimum atomic E-state index is 0.396. The quantitative estimate of drug-likeness (QED) is 0.839. The van der Waals surface area contributed by atoms with Crippen molar-refractivity contribution in [2.45, 2.75) is 25.7 Å². The van der Waals surface area contributed by atoms with Crippen LogP contribution in [0.2, 0.25) is 0 Å². The van der Waals surface area contributed by atoms with Crippen LogP contribution in [-0.4, -0.2) is 0 Å². The van der Waals surface area contributed by atoms with E-state index in [1.165, 1.54) is 24.0 Å². The normalized spacial score (nSPS) is 13.3. The van der Waals surface area contributed by atoms with Gasteiger partial charge in [-0.1, -0.05) is 12.1 Å². The molecule has 3 nitrogen and oxygen atoms in total. The Balaban J connectivity index is 1.90. The van der Waals surface area contributed by atoms with Gasteiger partial charge >= 0.3 is 0 Å². The highest BCUT2D eigenvalue weighted by Gasteiger charge is 2.11. The summed E-state index contributed by atoms with van der Waals surface area (Å²) in [6, 6.07) is 13.5. The van der Waals surface area contributed by atoms with Crippen molar-refractivity contribution >= 4 is 5.69 Å². The molecule has 0 saturated heterocycles. The highest BCUT2D eigenvalue weighted by molar-refractivity contribution is 5.64. The monoisotopic (exact) mass is 264 g/mol. The van der Waals surface area contributed by atoms with Crippen LogP contribution in [0.3, 0.4) is 0 Å². The Morgan fingerprint density at radius 1 is 1.05 bits per heavy atom. The molecule has 0 heterocycles. The maximum atomic E-state index is 8.98. The fraction of sp³-hybridized carbons (Fsp3) is 0.235. The first kappa shape index (κ1) is 12.6. The highest BCUT2D eigenvalue weighted by Crippen LogP contribution is 2.32. The fourth-order valence-electron chi connectivity index (χ4n) is 2.63. The van der Waals surface area contributed by atoms with Crippen molar-refractivity contribution in [2.24, 2.45) is 0 Å². The number of aryl methyl sites for hydroxylation is 2. The molecular formula is C17H16N2O. The standard InChI is InChI=1S/C17H16N2O/c18-11-14-6-3-7-16(17(14)19)20-15-9-8-12-4-1-2-5-13(12)10-15/h3,6-10H,1-2,4-5,19H2. The number of nitrogen functional groups attached to an aromatic ring is 1. The maximum absolute atomic E-state index is 8.98. The number of benzene rings is 2. The first-order valence-electron chi connectivity index (χ1n) is 6.86. The second-order valence-electron chi connectivity index (χ2n) is 5.07. The average Bonchev–Trinajstić information content (AvgIpc) is 2.49. The smallest absolute Gasteiger partial charge is 0.151 e. The molecule has 0 unspecified atom stereocenters. The van der Waals surface area contributed by atoms with Crippen molar-refractivity contribution in [1.82, 2.24) is 0 Å². The van der Waals surface area contributed by atoms with Crippen LogP contribution in [0, 0.1) is 11.3 Å². The zero-order valence-corrected chi connectivity index (χ0v) is 11.2. The van der Waals surface area contributed by atoms with Crippen LogP contribution >= 0.6 is 0 Å². The third-order valence-electron chi connectivity index (χ3n) is 3.73. The molecule has 3 rings (SSSR count). The molecule has 100 valence electrons. The van der Waals surface area contributed by atoms with Gasteiger partial charge in [0.05, 0.1) is 11.3 Å². The molecule has 0 amide bonds. The van der Waals surface area contributed by atoms with Gasteiger partial charge in [0.15, 0.2) is 5.75 Å². The molecule has 0 fully saturated rings. The number of fused-ring (bicyclic) bond motifs is 1. The van der Waals surface area contributed by atoms with Crippen LogP contribution in [-0.2, 0) is 12.8 Å². The van der Waals surface area contributed by atoms with E-state index in [-0.39, 0.29) is 0 Å². The highest BCUT2D eigenvalue weighted by atomic mass is 16.5. The molecule has 0 radical (unpaired) electrons. The van der Waals surface area contributed by atoms with E-state index in [0.29, 0.717) is 17.0 Å². The zero-order chi connectivity index (χ0) is 13.9. The van der Waals surface area contributed by atoms with Gasteiger partial charge in [-0.15, -0.1) is 0 Å². The number of hydrogen-bond acceptors (Lipinski definition) is 3. The lowest BCUT2D eigenvalue weighted by atomic mass is 9.92. The van der Waals surface area contributed by atoms with Crippen molar-refractivity contribution in [3.63, 3.8) is 0 Å². The van der Waals surface area contributed by atoms with Crippen LogP contribution in [0.4, 0.5) is 5.69 Å². The Hall–Kier alpha value is -2.47. The first-order chi connectivity index (χ1) is 9.78. The summed E-state index contributed by atoms with van der Waals surface area (Å²) < 4.78 is 5.84. The van der Waals surface area contributed by atoms with Gasteiger partial charge in [-0.25, -0.2) is 0 Å².